The second kappa shape index (κ2) is 11.7. The molecule has 182 valence electrons. The van der Waals surface area contributed by atoms with Crippen LogP contribution < -0.4 is 10.6 Å². The smallest absolute Gasteiger partial charge is 0.338 e. The second-order valence-corrected chi connectivity index (χ2v) is 8.03. The van der Waals surface area contributed by atoms with Crippen molar-refractivity contribution in [3.63, 3.8) is 0 Å². The first-order chi connectivity index (χ1) is 16.8. The Morgan fingerprint density at radius 1 is 1.11 bits per heavy atom. The van der Waals surface area contributed by atoms with Gasteiger partial charge in [0.15, 0.2) is 11.0 Å². The van der Waals surface area contributed by atoms with Crippen molar-refractivity contribution in [3.8, 4) is 0 Å². The number of esters is 1. The number of aromatic nitrogens is 3. The Morgan fingerprint density at radius 2 is 1.86 bits per heavy atom. The van der Waals surface area contributed by atoms with E-state index in [1.54, 1.807) is 36.7 Å². The van der Waals surface area contributed by atoms with Crippen LogP contribution in [0.4, 0.5) is 11.4 Å². The molecule has 3 aromatic rings. The number of anilines is 1. The molecule has 0 aliphatic carbocycles. The third-order valence-corrected chi connectivity index (χ3v) is 5.66. The summed E-state index contributed by atoms with van der Waals surface area (Å²) in [5.41, 5.74) is 0.770. The molecule has 0 aliphatic heterocycles. The molecule has 0 saturated carbocycles. The Kier molecular flexibility index (Phi) is 8.51. The van der Waals surface area contributed by atoms with Crippen LogP contribution in [0.25, 0.3) is 0 Å². The number of carbonyl (C=O) groups excluding carboxylic acids is 3. The predicted octanol–water partition coefficient (Wildman–Crippen LogP) is 2.56. The lowest BCUT2D eigenvalue weighted by Crippen LogP contribution is -2.24. The zero-order valence-electron chi connectivity index (χ0n) is 18.9. The molecule has 0 spiro atoms. The number of benzene rings is 2. The number of nitro benzene ring substituents is 1. The van der Waals surface area contributed by atoms with Crippen molar-refractivity contribution in [2.45, 2.75) is 18.6 Å². The molecule has 0 radical (unpaired) electrons. The van der Waals surface area contributed by atoms with Crippen LogP contribution in [0.15, 0.2) is 53.7 Å². The number of thioether (sulfide) groups is 1. The highest BCUT2D eigenvalue weighted by molar-refractivity contribution is 7.99. The minimum absolute atomic E-state index is 0.0374. The molecule has 3 rings (SSSR count). The highest BCUT2D eigenvalue weighted by Crippen LogP contribution is 2.18. The van der Waals surface area contributed by atoms with Crippen LogP contribution >= 0.6 is 11.8 Å². The van der Waals surface area contributed by atoms with Gasteiger partial charge in [0.2, 0.25) is 5.91 Å². The number of nitrogens with one attached hydrogen (secondary N) is 2. The minimum Gasteiger partial charge on any atom is -0.462 e. The highest BCUT2D eigenvalue weighted by atomic mass is 32.2. The number of non-ortho nitro benzene ring substituents is 1. The predicted molar refractivity (Wildman–Crippen MR) is 127 cm³/mol. The molecular weight excluding hydrogens is 476 g/mol. The van der Waals surface area contributed by atoms with Gasteiger partial charge in [-0.25, -0.2) is 4.79 Å². The van der Waals surface area contributed by atoms with E-state index < -0.39 is 16.8 Å². The first-order valence-corrected chi connectivity index (χ1v) is 11.4. The van der Waals surface area contributed by atoms with E-state index in [9.17, 15) is 24.5 Å². The molecule has 0 saturated heterocycles. The van der Waals surface area contributed by atoms with Gasteiger partial charge in [0.25, 0.3) is 11.6 Å². The molecule has 12 nitrogen and oxygen atoms in total. The summed E-state index contributed by atoms with van der Waals surface area (Å²) in [6.07, 6.45) is 0. The van der Waals surface area contributed by atoms with Crippen molar-refractivity contribution in [3.05, 3.63) is 75.6 Å². The number of nitro groups is 1. The monoisotopic (exact) mass is 498 g/mol. The van der Waals surface area contributed by atoms with Crippen molar-refractivity contribution < 1.29 is 24.0 Å². The Bertz CT molecular complexity index is 1260. The van der Waals surface area contributed by atoms with Crippen molar-refractivity contribution in [1.82, 2.24) is 20.1 Å². The van der Waals surface area contributed by atoms with Gasteiger partial charge in [-0.2, -0.15) is 0 Å². The number of rotatable bonds is 10. The van der Waals surface area contributed by atoms with Crippen LogP contribution in [-0.2, 0) is 23.1 Å². The molecule has 2 amide bonds. The third kappa shape index (κ3) is 6.86. The molecule has 0 unspecified atom stereocenters. The maximum absolute atomic E-state index is 12.3. The summed E-state index contributed by atoms with van der Waals surface area (Å²) in [6.45, 7) is 2.01. The normalized spacial score (nSPS) is 10.5. The molecule has 2 N–H and O–H groups in total. The molecule has 1 heterocycles. The Labute approximate surface area is 204 Å². The van der Waals surface area contributed by atoms with Gasteiger partial charge in [0.1, 0.15) is 0 Å². The third-order valence-electron chi connectivity index (χ3n) is 4.64. The maximum Gasteiger partial charge on any atom is 0.338 e. The molecule has 2 aromatic carbocycles. The zero-order chi connectivity index (χ0) is 25.4. The SMILES string of the molecule is CCOC(=O)c1cccc(NC(=O)CSc2nnc(CNC(=O)c3cccc([N+](=O)[O-])c3)n2C)c1. The maximum atomic E-state index is 12.3. The van der Waals surface area contributed by atoms with E-state index in [0.717, 1.165) is 11.8 Å². The van der Waals surface area contributed by atoms with E-state index in [4.69, 9.17) is 4.74 Å². The Morgan fingerprint density at radius 3 is 2.60 bits per heavy atom. The molecular formula is C22H22N6O6S. The van der Waals surface area contributed by atoms with E-state index in [0.29, 0.717) is 22.2 Å². The van der Waals surface area contributed by atoms with E-state index in [1.807, 2.05) is 0 Å². The lowest BCUT2D eigenvalue weighted by Gasteiger charge is -2.08. The van der Waals surface area contributed by atoms with Crippen molar-refractivity contribution in [2.75, 3.05) is 17.7 Å². The fourth-order valence-corrected chi connectivity index (χ4v) is 3.64. The van der Waals surface area contributed by atoms with Gasteiger partial charge in [-0.15, -0.1) is 10.2 Å². The van der Waals surface area contributed by atoms with Crippen LogP contribution in [0, 0.1) is 10.1 Å². The van der Waals surface area contributed by atoms with Gasteiger partial charge in [-0.1, -0.05) is 23.9 Å². The lowest BCUT2D eigenvalue weighted by atomic mass is 10.2. The highest BCUT2D eigenvalue weighted by Gasteiger charge is 2.15. The summed E-state index contributed by atoms with van der Waals surface area (Å²) in [7, 11) is 1.69. The van der Waals surface area contributed by atoms with Gasteiger partial charge in [-0.05, 0) is 31.2 Å². The quantitative estimate of drug-likeness (QED) is 0.185. The van der Waals surface area contributed by atoms with E-state index >= 15 is 0 Å². The summed E-state index contributed by atoms with van der Waals surface area (Å²) >= 11 is 1.15. The van der Waals surface area contributed by atoms with Crippen LogP contribution in [0.1, 0.15) is 33.5 Å². The Balaban J connectivity index is 1.53. The fraction of sp³-hybridized carbons (Fsp3) is 0.227. The van der Waals surface area contributed by atoms with Gasteiger partial charge in [0, 0.05) is 30.4 Å². The molecule has 0 bridgehead atoms. The number of nitrogens with zero attached hydrogens (tertiary/aromatic N) is 4. The molecule has 0 atom stereocenters. The topological polar surface area (TPSA) is 158 Å². The summed E-state index contributed by atoms with van der Waals surface area (Å²) in [5.74, 6) is -0.791. The summed E-state index contributed by atoms with van der Waals surface area (Å²) in [4.78, 5) is 46.8. The second-order valence-electron chi connectivity index (χ2n) is 7.09. The molecule has 35 heavy (non-hydrogen) atoms. The van der Waals surface area contributed by atoms with Crippen LogP contribution in [0.5, 0.6) is 0 Å². The molecule has 1 aromatic heterocycles. The first kappa shape index (κ1) is 25.4. The van der Waals surface area contributed by atoms with Crippen LogP contribution in [0.2, 0.25) is 0 Å². The van der Waals surface area contributed by atoms with Gasteiger partial charge < -0.3 is 19.9 Å². The van der Waals surface area contributed by atoms with Crippen molar-refractivity contribution in [1.29, 1.82) is 0 Å². The van der Waals surface area contributed by atoms with E-state index in [2.05, 4.69) is 20.8 Å². The zero-order valence-corrected chi connectivity index (χ0v) is 19.7. The Hall–Kier alpha value is -4.26. The number of hydrogen-bond donors (Lipinski definition) is 2. The lowest BCUT2D eigenvalue weighted by molar-refractivity contribution is -0.384. The van der Waals surface area contributed by atoms with Gasteiger partial charge in [0.05, 0.1) is 29.4 Å². The first-order valence-electron chi connectivity index (χ1n) is 10.4. The summed E-state index contributed by atoms with van der Waals surface area (Å²) < 4.78 is 6.59. The molecule has 0 aliphatic rings. The number of amides is 2. The summed E-state index contributed by atoms with van der Waals surface area (Å²) in [5, 5.41) is 24.8. The minimum atomic E-state index is -0.573. The van der Waals surface area contributed by atoms with E-state index in [1.165, 1.54) is 30.3 Å². The van der Waals surface area contributed by atoms with Crippen molar-refractivity contribution in [2.24, 2.45) is 7.05 Å². The molecule has 13 heteroatoms. The van der Waals surface area contributed by atoms with E-state index in [-0.39, 0.29) is 36.1 Å². The summed E-state index contributed by atoms with van der Waals surface area (Å²) in [6, 6.07) is 11.8. The van der Waals surface area contributed by atoms with Gasteiger partial charge in [-0.3, -0.25) is 19.7 Å². The number of ether oxygens (including phenoxy) is 1. The average Bonchev–Trinajstić information content (AvgIpc) is 3.20. The molecule has 0 fully saturated rings. The van der Waals surface area contributed by atoms with Crippen LogP contribution in [-0.4, -0.2) is 49.8 Å². The standard InChI is InChI=1S/C22H22N6O6S/c1-3-34-21(31)15-7-4-8-16(10-15)24-19(29)13-35-22-26-25-18(27(22)2)12-23-20(30)14-6-5-9-17(11-14)28(32)33/h4-11H,3,12-13H2,1-2H3,(H,23,30)(H,24,29). The largest absolute Gasteiger partial charge is 0.462 e. The fourth-order valence-electron chi connectivity index (χ4n) is 2.91. The van der Waals surface area contributed by atoms with Crippen molar-refractivity contribution >= 4 is 40.9 Å². The average molecular weight is 499 g/mol. The van der Waals surface area contributed by atoms with Gasteiger partial charge >= 0.3 is 5.97 Å². The number of hydrogen-bond acceptors (Lipinski definition) is 9. The number of carbonyl (C=O) groups is 3. The van der Waals surface area contributed by atoms with Crippen LogP contribution in [0.3, 0.4) is 0 Å².